The maximum Gasteiger partial charge on any atom is 0.126 e. The predicted octanol–water partition coefficient (Wildman–Crippen LogP) is 2.72. The van der Waals surface area contributed by atoms with Gasteiger partial charge in [0.2, 0.25) is 0 Å². The van der Waals surface area contributed by atoms with Crippen molar-refractivity contribution in [3.05, 3.63) is 24.4 Å². The predicted molar refractivity (Wildman–Crippen MR) is 89.0 cm³/mol. The van der Waals surface area contributed by atoms with Crippen LogP contribution >= 0.6 is 11.3 Å². The number of anilines is 2. The number of aromatic nitrogens is 3. The van der Waals surface area contributed by atoms with Crippen molar-refractivity contribution >= 4 is 33.1 Å². The Morgan fingerprint density at radius 2 is 2.32 bits per heavy atom. The van der Waals surface area contributed by atoms with Gasteiger partial charge in [-0.15, -0.1) is 11.3 Å². The normalized spacial score (nSPS) is 16.6. The molecular weight excluding hydrogens is 298 g/mol. The van der Waals surface area contributed by atoms with Crippen LogP contribution in [0.2, 0.25) is 0 Å². The highest BCUT2D eigenvalue weighted by atomic mass is 32.1. The summed E-state index contributed by atoms with van der Waals surface area (Å²) in [4.78, 5) is 5.54. The summed E-state index contributed by atoms with van der Waals surface area (Å²) in [5.41, 5.74) is 9.08. The number of nitrogens with one attached hydrogen (secondary N) is 2. The van der Waals surface area contributed by atoms with E-state index in [1.54, 1.807) is 17.5 Å². The molecule has 0 aliphatic carbocycles. The maximum atomic E-state index is 5.95. The van der Waals surface area contributed by atoms with Crippen LogP contribution in [-0.4, -0.2) is 34.9 Å². The fourth-order valence-electron chi connectivity index (χ4n) is 2.56. The first-order chi connectivity index (χ1) is 10.6. The molecule has 3 aromatic rings. The van der Waals surface area contributed by atoms with E-state index in [-0.39, 0.29) is 5.41 Å². The molecule has 0 spiro atoms. The average molecular weight is 315 g/mol. The second kappa shape index (κ2) is 4.96. The highest BCUT2D eigenvalue weighted by molar-refractivity contribution is 7.22. The van der Waals surface area contributed by atoms with Gasteiger partial charge >= 0.3 is 0 Å². The van der Waals surface area contributed by atoms with E-state index in [1.165, 1.54) is 0 Å². The molecule has 0 amide bonds. The zero-order valence-electron chi connectivity index (χ0n) is 12.2. The van der Waals surface area contributed by atoms with Crippen molar-refractivity contribution in [3.8, 4) is 10.6 Å². The number of pyridine rings is 1. The third kappa shape index (κ3) is 2.32. The number of nitrogen functional groups attached to an aromatic ring is 1. The minimum absolute atomic E-state index is 0.202. The molecule has 4 heterocycles. The number of thiophene rings is 1. The highest BCUT2D eigenvalue weighted by Crippen LogP contribution is 2.37. The van der Waals surface area contributed by atoms with E-state index >= 15 is 0 Å². The molecule has 3 aromatic heterocycles. The Morgan fingerprint density at radius 3 is 3.00 bits per heavy atom. The van der Waals surface area contributed by atoms with Crippen molar-refractivity contribution < 1.29 is 4.74 Å². The first-order valence-corrected chi connectivity index (χ1v) is 7.96. The van der Waals surface area contributed by atoms with E-state index in [0.29, 0.717) is 5.82 Å². The SMILES string of the molecule is CC1(CNc2cc(N)nc3cc(-c4ccn[nH]4)sc23)COC1. The fraction of sp³-hybridized carbons (Fsp3) is 0.333. The molecule has 1 fully saturated rings. The Balaban J connectivity index is 1.70. The van der Waals surface area contributed by atoms with Crippen LogP contribution in [0.25, 0.3) is 20.8 Å². The number of ether oxygens (including phenoxy) is 1. The summed E-state index contributed by atoms with van der Waals surface area (Å²) in [7, 11) is 0. The molecule has 7 heteroatoms. The van der Waals surface area contributed by atoms with Crippen LogP contribution < -0.4 is 11.1 Å². The van der Waals surface area contributed by atoms with Crippen molar-refractivity contribution in [1.29, 1.82) is 0 Å². The van der Waals surface area contributed by atoms with Crippen molar-refractivity contribution in [1.82, 2.24) is 15.2 Å². The smallest absolute Gasteiger partial charge is 0.126 e. The van der Waals surface area contributed by atoms with Gasteiger partial charge in [0.05, 0.1) is 39.7 Å². The van der Waals surface area contributed by atoms with Gasteiger partial charge in [0.15, 0.2) is 0 Å². The fourth-order valence-corrected chi connectivity index (χ4v) is 3.62. The van der Waals surface area contributed by atoms with Crippen molar-refractivity contribution in [3.63, 3.8) is 0 Å². The number of H-pyrrole nitrogens is 1. The summed E-state index contributed by atoms with van der Waals surface area (Å²) in [5.74, 6) is 0.527. The molecule has 0 radical (unpaired) electrons. The largest absolute Gasteiger partial charge is 0.384 e. The van der Waals surface area contributed by atoms with Crippen LogP contribution in [0.5, 0.6) is 0 Å². The van der Waals surface area contributed by atoms with Gasteiger partial charge in [0.1, 0.15) is 5.82 Å². The number of hydrogen-bond acceptors (Lipinski definition) is 6. The lowest BCUT2D eigenvalue weighted by atomic mass is 9.89. The molecule has 1 aliphatic heterocycles. The Morgan fingerprint density at radius 1 is 1.45 bits per heavy atom. The van der Waals surface area contributed by atoms with E-state index in [9.17, 15) is 0 Å². The van der Waals surface area contributed by atoms with Crippen LogP contribution in [0.15, 0.2) is 24.4 Å². The second-order valence-electron chi connectivity index (χ2n) is 6.05. The molecule has 0 atom stereocenters. The number of nitrogens with zero attached hydrogens (tertiary/aromatic N) is 2. The Kier molecular flexibility index (Phi) is 3.05. The monoisotopic (exact) mass is 315 g/mol. The van der Waals surface area contributed by atoms with Gasteiger partial charge in [-0.3, -0.25) is 5.10 Å². The number of aromatic amines is 1. The Bertz CT molecular complexity index is 807. The summed E-state index contributed by atoms with van der Waals surface area (Å²) < 4.78 is 6.42. The molecule has 1 saturated heterocycles. The number of fused-ring (bicyclic) bond motifs is 1. The first-order valence-electron chi connectivity index (χ1n) is 7.14. The molecule has 0 unspecified atom stereocenters. The Hall–Kier alpha value is -2.12. The molecule has 22 heavy (non-hydrogen) atoms. The highest BCUT2D eigenvalue weighted by Gasteiger charge is 2.33. The van der Waals surface area contributed by atoms with Crippen LogP contribution in [-0.2, 0) is 4.74 Å². The van der Waals surface area contributed by atoms with E-state index in [2.05, 4.69) is 27.4 Å². The summed E-state index contributed by atoms with van der Waals surface area (Å²) in [6.45, 7) is 4.68. The molecule has 0 bridgehead atoms. The molecule has 0 aromatic carbocycles. The third-order valence-corrected chi connectivity index (χ3v) is 5.06. The summed E-state index contributed by atoms with van der Waals surface area (Å²) in [6.07, 6.45) is 1.75. The molecule has 114 valence electrons. The lowest BCUT2D eigenvalue weighted by Gasteiger charge is -2.38. The van der Waals surface area contributed by atoms with Crippen molar-refractivity contribution in [2.75, 3.05) is 30.8 Å². The molecular formula is C15H17N5OS. The molecule has 6 nitrogen and oxygen atoms in total. The quantitative estimate of drug-likeness (QED) is 0.689. The zero-order valence-corrected chi connectivity index (χ0v) is 13.0. The van der Waals surface area contributed by atoms with Gasteiger partial charge < -0.3 is 15.8 Å². The van der Waals surface area contributed by atoms with Crippen LogP contribution in [0.1, 0.15) is 6.92 Å². The lowest BCUT2D eigenvalue weighted by molar-refractivity contribution is -0.0924. The first kappa shape index (κ1) is 13.5. The number of rotatable bonds is 4. The van der Waals surface area contributed by atoms with Gasteiger partial charge in [-0.2, -0.15) is 5.10 Å². The van der Waals surface area contributed by atoms with E-state index < -0.39 is 0 Å². The second-order valence-corrected chi connectivity index (χ2v) is 7.10. The maximum absolute atomic E-state index is 5.95. The molecule has 4 N–H and O–H groups in total. The number of hydrogen-bond donors (Lipinski definition) is 3. The zero-order chi connectivity index (χ0) is 15.2. The van der Waals surface area contributed by atoms with Crippen LogP contribution in [0.3, 0.4) is 0 Å². The van der Waals surface area contributed by atoms with Crippen LogP contribution in [0.4, 0.5) is 11.5 Å². The Labute approximate surface area is 131 Å². The third-order valence-electron chi connectivity index (χ3n) is 3.87. The van der Waals surface area contributed by atoms with Crippen molar-refractivity contribution in [2.24, 2.45) is 5.41 Å². The molecule has 1 aliphatic rings. The number of nitrogens with two attached hydrogens (primary N) is 1. The summed E-state index contributed by atoms with van der Waals surface area (Å²) >= 11 is 1.68. The van der Waals surface area contributed by atoms with Gasteiger partial charge in [-0.25, -0.2) is 4.98 Å². The van der Waals surface area contributed by atoms with Crippen molar-refractivity contribution in [2.45, 2.75) is 6.92 Å². The summed E-state index contributed by atoms with van der Waals surface area (Å²) in [5, 5.41) is 10.5. The van der Waals surface area contributed by atoms with Crippen LogP contribution in [0, 0.1) is 5.41 Å². The minimum Gasteiger partial charge on any atom is -0.384 e. The van der Waals surface area contributed by atoms with Gasteiger partial charge in [-0.05, 0) is 12.1 Å². The minimum atomic E-state index is 0.202. The lowest BCUT2D eigenvalue weighted by Crippen LogP contribution is -2.45. The molecule has 0 saturated carbocycles. The standard InChI is InChI=1S/C15H17N5OS/c1-15(7-21-8-15)6-17-10-5-13(16)19-11-4-12(22-14(10)11)9-2-3-18-20-9/h2-5H,6-8H2,1H3,(H,18,20)(H3,16,17,19). The topological polar surface area (TPSA) is 88.9 Å². The van der Waals surface area contributed by atoms with Gasteiger partial charge in [0.25, 0.3) is 0 Å². The van der Waals surface area contributed by atoms with E-state index in [4.69, 9.17) is 10.5 Å². The average Bonchev–Trinajstić information content (AvgIpc) is 3.10. The molecule has 4 rings (SSSR count). The van der Waals surface area contributed by atoms with E-state index in [1.807, 2.05) is 18.2 Å². The van der Waals surface area contributed by atoms with E-state index in [0.717, 1.165) is 46.2 Å². The van der Waals surface area contributed by atoms with Gasteiger partial charge in [0, 0.05) is 24.2 Å². The van der Waals surface area contributed by atoms with Gasteiger partial charge in [-0.1, -0.05) is 6.92 Å². The summed E-state index contributed by atoms with van der Waals surface area (Å²) in [6, 6.07) is 5.90.